The minimum atomic E-state index is 0.145. The molecule has 2 heterocycles. The second-order valence-corrected chi connectivity index (χ2v) is 4.91. The number of carbonyl (C=O) groups is 1. The van der Waals surface area contributed by atoms with Crippen molar-refractivity contribution in [1.29, 1.82) is 0 Å². The highest BCUT2D eigenvalue weighted by atomic mass is 32.2. The number of aromatic nitrogens is 1. The van der Waals surface area contributed by atoms with Crippen molar-refractivity contribution >= 4 is 17.7 Å². The van der Waals surface area contributed by atoms with Crippen LogP contribution in [0.4, 0.5) is 0 Å². The van der Waals surface area contributed by atoms with Crippen LogP contribution in [0, 0.1) is 0 Å². The molecule has 4 heteroatoms. The molecular formula is C11H14N2OS. The molecule has 0 saturated carbocycles. The summed E-state index contributed by atoms with van der Waals surface area (Å²) in [6.45, 7) is 4.10. The maximum Gasteiger partial charge on any atom is 0.234 e. The zero-order valence-electron chi connectivity index (χ0n) is 8.88. The van der Waals surface area contributed by atoms with Crippen molar-refractivity contribution in [3.05, 3.63) is 30.1 Å². The number of hydrogen-bond acceptors (Lipinski definition) is 3. The van der Waals surface area contributed by atoms with E-state index in [4.69, 9.17) is 0 Å². The molecule has 3 nitrogen and oxygen atoms in total. The van der Waals surface area contributed by atoms with Gasteiger partial charge in [-0.15, -0.1) is 11.8 Å². The zero-order chi connectivity index (χ0) is 10.8. The molecule has 0 radical (unpaired) electrons. The van der Waals surface area contributed by atoms with Gasteiger partial charge in [0.1, 0.15) is 5.37 Å². The smallest absolute Gasteiger partial charge is 0.234 e. The van der Waals surface area contributed by atoms with Crippen LogP contribution >= 0.6 is 11.8 Å². The van der Waals surface area contributed by atoms with Gasteiger partial charge in [-0.3, -0.25) is 9.78 Å². The van der Waals surface area contributed by atoms with Crippen LogP contribution in [0.5, 0.6) is 0 Å². The lowest BCUT2D eigenvalue weighted by atomic mass is 10.2. The Morgan fingerprint density at radius 2 is 2.40 bits per heavy atom. The molecule has 1 fully saturated rings. The number of carbonyl (C=O) groups excluding carboxylic acids is 1. The summed E-state index contributed by atoms with van der Waals surface area (Å²) in [5.41, 5.74) is 1.11. The predicted octanol–water partition coefficient (Wildman–Crippen LogP) is 2.06. The first-order chi connectivity index (χ1) is 7.20. The average molecular weight is 222 g/mol. The van der Waals surface area contributed by atoms with E-state index in [1.807, 2.05) is 37.1 Å². The summed E-state index contributed by atoms with van der Waals surface area (Å²) >= 11 is 1.68. The molecule has 0 spiro atoms. The number of pyridine rings is 1. The first-order valence-electron chi connectivity index (χ1n) is 5.03. The molecule has 1 amide bonds. The molecule has 1 aromatic heterocycles. The molecule has 1 aliphatic heterocycles. The van der Waals surface area contributed by atoms with Crippen LogP contribution in [-0.4, -0.2) is 27.6 Å². The normalized spacial score (nSPS) is 21.4. The maximum atomic E-state index is 11.7. The Morgan fingerprint density at radius 1 is 1.60 bits per heavy atom. The van der Waals surface area contributed by atoms with Crippen LogP contribution in [0.3, 0.4) is 0 Å². The quantitative estimate of drug-likeness (QED) is 0.768. The minimum Gasteiger partial charge on any atom is -0.323 e. The lowest BCUT2D eigenvalue weighted by molar-refractivity contribution is -0.129. The van der Waals surface area contributed by atoms with Crippen LogP contribution in [0.15, 0.2) is 24.5 Å². The topological polar surface area (TPSA) is 33.2 Å². The Kier molecular flexibility index (Phi) is 2.95. The second-order valence-electron chi connectivity index (χ2n) is 3.84. The Bertz CT molecular complexity index is 353. The van der Waals surface area contributed by atoms with Gasteiger partial charge in [0.15, 0.2) is 0 Å². The third-order valence-corrected chi connectivity index (χ3v) is 3.66. The predicted molar refractivity (Wildman–Crippen MR) is 61.4 cm³/mol. The van der Waals surface area contributed by atoms with E-state index in [1.54, 1.807) is 18.0 Å². The Balaban J connectivity index is 2.26. The SMILES string of the molecule is CC(C)N1C(=O)CSC1c1cccnc1. The van der Waals surface area contributed by atoms with Gasteiger partial charge in [-0.2, -0.15) is 0 Å². The third kappa shape index (κ3) is 2.00. The average Bonchev–Trinajstić information content (AvgIpc) is 2.61. The summed E-state index contributed by atoms with van der Waals surface area (Å²) in [4.78, 5) is 17.7. The van der Waals surface area contributed by atoms with Gasteiger partial charge in [0, 0.05) is 24.0 Å². The summed E-state index contributed by atoms with van der Waals surface area (Å²) in [6.07, 6.45) is 3.59. The van der Waals surface area contributed by atoms with E-state index in [9.17, 15) is 4.79 Å². The monoisotopic (exact) mass is 222 g/mol. The van der Waals surface area contributed by atoms with Crippen molar-refractivity contribution in [2.45, 2.75) is 25.3 Å². The van der Waals surface area contributed by atoms with Crippen LogP contribution < -0.4 is 0 Å². The lowest BCUT2D eigenvalue weighted by Gasteiger charge is -2.27. The van der Waals surface area contributed by atoms with Crippen molar-refractivity contribution < 1.29 is 4.79 Å². The van der Waals surface area contributed by atoms with Crippen molar-refractivity contribution in [2.24, 2.45) is 0 Å². The molecule has 1 aromatic rings. The van der Waals surface area contributed by atoms with Crippen molar-refractivity contribution in [1.82, 2.24) is 9.88 Å². The molecule has 1 aliphatic rings. The third-order valence-electron chi connectivity index (χ3n) is 2.43. The highest BCUT2D eigenvalue weighted by molar-refractivity contribution is 8.00. The number of nitrogens with zero attached hydrogens (tertiary/aromatic N) is 2. The van der Waals surface area contributed by atoms with Gasteiger partial charge < -0.3 is 4.90 Å². The molecule has 1 saturated heterocycles. The summed E-state index contributed by atoms with van der Waals surface area (Å²) in [5, 5.41) is 0.145. The Labute approximate surface area is 93.9 Å². The molecule has 0 aromatic carbocycles. The molecule has 80 valence electrons. The van der Waals surface area contributed by atoms with Crippen molar-refractivity contribution in [2.75, 3.05) is 5.75 Å². The molecule has 1 unspecified atom stereocenters. The van der Waals surface area contributed by atoms with Gasteiger partial charge in [0.05, 0.1) is 5.75 Å². The number of rotatable bonds is 2. The van der Waals surface area contributed by atoms with Crippen LogP contribution in [-0.2, 0) is 4.79 Å². The van der Waals surface area contributed by atoms with Crippen LogP contribution in [0.25, 0.3) is 0 Å². The largest absolute Gasteiger partial charge is 0.323 e. The molecule has 1 atom stereocenters. The molecule has 0 aliphatic carbocycles. The van der Waals surface area contributed by atoms with E-state index >= 15 is 0 Å². The van der Waals surface area contributed by atoms with Gasteiger partial charge in [-0.25, -0.2) is 0 Å². The van der Waals surface area contributed by atoms with E-state index in [2.05, 4.69) is 4.98 Å². The fourth-order valence-corrected chi connectivity index (χ4v) is 3.08. The number of amides is 1. The highest BCUT2D eigenvalue weighted by Gasteiger charge is 2.34. The van der Waals surface area contributed by atoms with Gasteiger partial charge in [-0.1, -0.05) is 6.07 Å². The molecular weight excluding hydrogens is 208 g/mol. The fraction of sp³-hybridized carbons (Fsp3) is 0.455. The highest BCUT2D eigenvalue weighted by Crippen LogP contribution is 2.39. The first kappa shape index (κ1) is 10.5. The maximum absolute atomic E-state index is 11.7. The summed E-state index contributed by atoms with van der Waals surface area (Å²) in [5.74, 6) is 0.807. The lowest BCUT2D eigenvalue weighted by Crippen LogP contribution is -2.34. The summed E-state index contributed by atoms with van der Waals surface area (Å²) in [7, 11) is 0. The van der Waals surface area contributed by atoms with E-state index < -0.39 is 0 Å². The summed E-state index contributed by atoms with van der Waals surface area (Å²) in [6, 6.07) is 4.19. The Morgan fingerprint density at radius 3 is 3.00 bits per heavy atom. The molecule has 2 rings (SSSR count). The zero-order valence-corrected chi connectivity index (χ0v) is 9.70. The van der Waals surface area contributed by atoms with Gasteiger partial charge in [0.25, 0.3) is 0 Å². The van der Waals surface area contributed by atoms with Gasteiger partial charge >= 0.3 is 0 Å². The van der Waals surface area contributed by atoms with Crippen LogP contribution in [0.2, 0.25) is 0 Å². The van der Waals surface area contributed by atoms with E-state index in [0.717, 1.165) is 5.56 Å². The number of hydrogen-bond donors (Lipinski definition) is 0. The molecule has 15 heavy (non-hydrogen) atoms. The van der Waals surface area contributed by atoms with E-state index in [1.165, 1.54) is 0 Å². The van der Waals surface area contributed by atoms with Crippen molar-refractivity contribution in [3.63, 3.8) is 0 Å². The second kappa shape index (κ2) is 4.23. The first-order valence-corrected chi connectivity index (χ1v) is 6.07. The van der Waals surface area contributed by atoms with Crippen molar-refractivity contribution in [3.8, 4) is 0 Å². The number of thioether (sulfide) groups is 1. The fourth-order valence-electron chi connectivity index (χ4n) is 1.77. The van der Waals surface area contributed by atoms with E-state index in [-0.39, 0.29) is 17.3 Å². The minimum absolute atomic E-state index is 0.145. The van der Waals surface area contributed by atoms with Gasteiger partial charge in [0.2, 0.25) is 5.91 Å². The summed E-state index contributed by atoms with van der Waals surface area (Å²) < 4.78 is 0. The molecule has 0 bridgehead atoms. The van der Waals surface area contributed by atoms with Gasteiger partial charge in [-0.05, 0) is 19.9 Å². The van der Waals surface area contributed by atoms with Crippen LogP contribution in [0.1, 0.15) is 24.8 Å². The molecule has 0 N–H and O–H groups in total. The Hall–Kier alpha value is -1.03. The standard InChI is InChI=1S/C11H14N2OS/c1-8(2)13-10(14)7-15-11(13)9-4-3-5-12-6-9/h3-6,8,11H,7H2,1-2H3. The van der Waals surface area contributed by atoms with E-state index in [0.29, 0.717) is 5.75 Å².